The second-order valence-corrected chi connectivity index (χ2v) is 6.03. The average molecular weight is 275 g/mol. The number of aromatic hydroxyl groups is 2. The Bertz CT molecular complexity index is 594. The molecule has 0 bridgehead atoms. The Hall–Kier alpha value is -1.52. The maximum Gasteiger partial charge on any atom is 0.157 e. The zero-order chi connectivity index (χ0) is 13.4. The highest BCUT2D eigenvalue weighted by Crippen LogP contribution is 2.41. The number of benzene rings is 1. The Kier molecular flexibility index (Phi) is 3.21. The first kappa shape index (κ1) is 12.5. The van der Waals surface area contributed by atoms with E-state index in [1.165, 1.54) is 10.4 Å². The minimum absolute atomic E-state index is 0.0361. The molecule has 19 heavy (non-hydrogen) atoms. The van der Waals surface area contributed by atoms with E-state index >= 15 is 0 Å². The van der Waals surface area contributed by atoms with Crippen LogP contribution in [0.5, 0.6) is 11.5 Å². The van der Waals surface area contributed by atoms with Crippen molar-refractivity contribution in [3.8, 4) is 11.5 Å². The molecule has 0 saturated carbocycles. The van der Waals surface area contributed by atoms with Gasteiger partial charge >= 0.3 is 0 Å². The SMILES string of the molecule is Cc1ccsc1[C@H]1CNC[C@@H]1c1ccc(O)c(O)c1. The third-order valence-corrected chi connectivity index (χ3v) is 5.03. The lowest BCUT2D eigenvalue weighted by Crippen LogP contribution is -2.08. The van der Waals surface area contributed by atoms with Crippen LogP contribution in [-0.2, 0) is 0 Å². The molecule has 4 heteroatoms. The van der Waals surface area contributed by atoms with Gasteiger partial charge < -0.3 is 15.5 Å². The molecule has 0 unspecified atom stereocenters. The van der Waals surface area contributed by atoms with Gasteiger partial charge in [-0.15, -0.1) is 11.3 Å². The van der Waals surface area contributed by atoms with Crippen molar-refractivity contribution in [3.63, 3.8) is 0 Å². The van der Waals surface area contributed by atoms with E-state index in [2.05, 4.69) is 23.7 Å². The van der Waals surface area contributed by atoms with Crippen molar-refractivity contribution < 1.29 is 10.2 Å². The maximum absolute atomic E-state index is 9.66. The average Bonchev–Trinajstić information content (AvgIpc) is 3.00. The fourth-order valence-corrected chi connectivity index (χ4v) is 3.93. The lowest BCUT2D eigenvalue weighted by molar-refractivity contribution is 0.402. The predicted octanol–water partition coefficient (Wildman–Crippen LogP) is 2.94. The fraction of sp³-hybridized carbons (Fsp3) is 0.333. The lowest BCUT2D eigenvalue weighted by atomic mass is 9.86. The maximum atomic E-state index is 9.66. The van der Waals surface area contributed by atoms with Crippen molar-refractivity contribution in [3.05, 3.63) is 45.6 Å². The summed E-state index contributed by atoms with van der Waals surface area (Å²) in [6.07, 6.45) is 0. The first-order valence-corrected chi connectivity index (χ1v) is 7.31. The Morgan fingerprint density at radius 2 is 1.89 bits per heavy atom. The first-order chi connectivity index (χ1) is 9.16. The van der Waals surface area contributed by atoms with Crippen LogP contribution >= 0.6 is 11.3 Å². The van der Waals surface area contributed by atoms with Crippen LogP contribution in [-0.4, -0.2) is 23.3 Å². The normalized spacial score (nSPS) is 22.8. The number of aryl methyl sites for hydroxylation is 1. The molecular weight excluding hydrogens is 258 g/mol. The van der Waals surface area contributed by atoms with Gasteiger partial charge in [0.1, 0.15) is 0 Å². The van der Waals surface area contributed by atoms with Crippen LogP contribution in [0.1, 0.15) is 27.8 Å². The highest BCUT2D eigenvalue weighted by molar-refractivity contribution is 7.10. The van der Waals surface area contributed by atoms with Gasteiger partial charge in [-0.2, -0.15) is 0 Å². The molecule has 0 radical (unpaired) electrons. The Labute approximate surface area is 116 Å². The minimum atomic E-state index is -0.0569. The number of phenolic OH excluding ortho intramolecular Hbond substituents is 2. The van der Waals surface area contributed by atoms with E-state index < -0.39 is 0 Å². The predicted molar refractivity (Wildman–Crippen MR) is 77.2 cm³/mol. The van der Waals surface area contributed by atoms with Crippen LogP contribution in [0.4, 0.5) is 0 Å². The zero-order valence-electron chi connectivity index (χ0n) is 10.8. The minimum Gasteiger partial charge on any atom is -0.504 e. The molecule has 1 saturated heterocycles. The van der Waals surface area contributed by atoms with E-state index in [0.29, 0.717) is 11.8 Å². The van der Waals surface area contributed by atoms with Crippen molar-refractivity contribution in [1.82, 2.24) is 5.32 Å². The largest absolute Gasteiger partial charge is 0.504 e. The van der Waals surface area contributed by atoms with Crippen LogP contribution in [0, 0.1) is 6.92 Å². The quantitative estimate of drug-likeness (QED) is 0.739. The van der Waals surface area contributed by atoms with Crippen LogP contribution in [0.15, 0.2) is 29.6 Å². The van der Waals surface area contributed by atoms with Crippen molar-refractivity contribution >= 4 is 11.3 Å². The van der Waals surface area contributed by atoms with Crippen molar-refractivity contribution in [1.29, 1.82) is 0 Å². The molecule has 1 aliphatic heterocycles. The monoisotopic (exact) mass is 275 g/mol. The van der Waals surface area contributed by atoms with Gasteiger partial charge in [0, 0.05) is 29.8 Å². The van der Waals surface area contributed by atoms with Crippen molar-refractivity contribution in [2.45, 2.75) is 18.8 Å². The van der Waals surface area contributed by atoms with Gasteiger partial charge in [-0.25, -0.2) is 0 Å². The molecule has 3 rings (SSSR count). The number of phenols is 2. The summed E-state index contributed by atoms with van der Waals surface area (Å²) in [5, 5.41) is 24.6. The summed E-state index contributed by atoms with van der Waals surface area (Å²) in [6, 6.07) is 7.32. The Morgan fingerprint density at radius 3 is 2.58 bits per heavy atom. The molecule has 0 aliphatic carbocycles. The number of nitrogens with one attached hydrogen (secondary N) is 1. The highest BCUT2D eigenvalue weighted by atomic mass is 32.1. The van der Waals surface area contributed by atoms with Crippen molar-refractivity contribution in [2.24, 2.45) is 0 Å². The van der Waals surface area contributed by atoms with E-state index in [9.17, 15) is 10.2 Å². The van der Waals surface area contributed by atoms with E-state index in [1.807, 2.05) is 6.07 Å². The van der Waals surface area contributed by atoms with Crippen LogP contribution < -0.4 is 5.32 Å². The van der Waals surface area contributed by atoms with Gasteiger partial charge in [0.25, 0.3) is 0 Å². The number of hydrogen-bond acceptors (Lipinski definition) is 4. The lowest BCUT2D eigenvalue weighted by Gasteiger charge is -2.19. The number of hydrogen-bond donors (Lipinski definition) is 3. The summed E-state index contributed by atoms with van der Waals surface area (Å²) in [6.45, 7) is 4.02. The standard InChI is InChI=1S/C15H17NO2S/c1-9-4-5-19-15(9)12-8-16-7-11(12)10-2-3-13(17)14(18)6-10/h2-6,11-12,16-18H,7-8H2,1H3/t11-,12+/m1/s1. The Balaban J connectivity index is 1.95. The molecule has 0 amide bonds. The molecule has 2 aromatic rings. The molecule has 3 nitrogen and oxygen atoms in total. The van der Waals surface area contributed by atoms with Gasteiger partial charge in [-0.3, -0.25) is 0 Å². The van der Waals surface area contributed by atoms with Gasteiger partial charge in [0.2, 0.25) is 0 Å². The third kappa shape index (κ3) is 2.22. The highest BCUT2D eigenvalue weighted by Gasteiger charge is 2.31. The van der Waals surface area contributed by atoms with E-state index in [-0.39, 0.29) is 11.5 Å². The van der Waals surface area contributed by atoms with Gasteiger partial charge in [0.05, 0.1) is 0 Å². The number of thiophene rings is 1. The van der Waals surface area contributed by atoms with E-state index in [4.69, 9.17) is 0 Å². The van der Waals surface area contributed by atoms with Gasteiger partial charge in [-0.05, 0) is 41.6 Å². The van der Waals surface area contributed by atoms with Crippen LogP contribution in [0.3, 0.4) is 0 Å². The van der Waals surface area contributed by atoms with Crippen LogP contribution in [0.2, 0.25) is 0 Å². The smallest absolute Gasteiger partial charge is 0.157 e. The molecule has 1 aromatic heterocycles. The fourth-order valence-electron chi connectivity index (χ4n) is 2.84. The zero-order valence-corrected chi connectivity index (χ0v) is 11.6. The van der Waals surface area contributed by atoms with E-state index in [1.54, 1.807) is 23.5 Å². The summed E-state index contributed by atoms with van der Waals surface area (Å²) in [4.78, 5) is 1.42. The second kappa shape index (κ2) is 4.87. The topological polar surface area (TPSA) is 52.5 Å². The molecule has 1 aliphatic rings. The molecular formula is C15H17NO2S. The molecule has 3 N–H and O–H groups in total. The summed E-state index contributed by atoms with van der Waals surface area (Å²) in [5.74, 6) is 0.706. The molecule has 2 heterocycles. The third-order valence-electron chi connectivity index (χ3n) is 3.88. The summed E-state index contributed by atoms with van der Waals surface area (Å²) in [7, 11) is 0. The van der Waals surface area contributed by atoms with E-state index in [0.717, 1.165) is 18.7 Å². The molecule has 1 aromatic carbocycles. The summed E-state index contributed by atoms with van der Waals surface area (Å²) in [5.41, 5.74) is 2.42. The van der Waals surface area contributed by atoms with Crippen molar-refractivity contribution in [2.75, 3.05) is 13.1 Å². The molecule has 100 valence electrons. The second-order valence-electron chi connectivity index (χ2n) is 5.09. The molecule has 2 atom stereocenters. The number of rotatable bonds is 2. The van der Waals surface area contributed by atoms with Gasteiger partial charge in [0.15, 0.2) is 11.5 Å². The Morgan fingerprint density at radius 1 is 1.11 bits per heavy atom. The summed E-state index contributed by atoms with van der Waals surface area (Å²) >= 11 is 1.80. The van der Waals surface area contributed by atoms with Crippen LogP contribution in [0.25, 0.3) is 0 Å². The van der Waals surface area contributed by atoms with Gasteiger partial charge in [-0.1, -0.05) is 6.07 Å². The molecule has 0 spiro atoms. The first-order valence-electron chi connectivity index (χ1n) is 6.43. The molecule has 1 fully saturated rings. The summed E-state index contributed by atoms with van der Waals surface area (Å²) < 4.78 is 0.